The van der Waals surface area contributed by atoms with E-state index in [1.165, 1.54) is 28.6 Å². The van der Waals surface area contributed by atoms with Gasteiger partial charge in [-0.05, 0) is 44.9 Å². The molecule has 8 nitrogen and oxygen atoms in total. The minimum atomic E-state index is -3.79. The monoisotopic (exact) mass is 424 g/mol. The zero-order chi connectivity index (χ0) is 21.2. The van der Waals surface area contributed by atoms with Crippen molar-refractivity contribution in [2.75, 3.05) is 13.1 Å². The molecule has 29 heavy (non-hydrogen) atoms. The molecule has 1 saturated heterocycles. The molecule has 2 unspecified atom stereocenters. The predicted octanol–water partition coefficient (Wildman–Crippen LogP) is 2.00. The summed E-state index contributed by atoms with van der Waals surface area (Å²) in [4.78, 5) is 24.6. The zero-order valence-electron chi connectivity index (χ0n) is 16.8. The van der Waals surface area contributed by atoms with Gasteiger partial charge in [-0.3, -0.25) is 4.79 Å². The van der Waals surface area contributed by atoms with Gasteiger partial charge in [-0.15, -0.1) is 0 Å². The molecule has 0 radical (unpaired) electrons. The molecule has 0 bridgehead atoms. The van der Waals surface area contributed by atoms with E-state index < -0.39 is 27.4 Å². The molecule has 2 atom stereocenters. The lowest BCUT2D eigenvalue weighted by molar-refractivity contribution is -0.145. The maximum atomic E-state index is 13.1. The van der Waals surface area contributed by atoms with Crippen LogP contribution in [-0.2, 0) is 19.6 Å². The van der Waals surface area contributed by atoms with Crippen LogP contribution in [0.5, 0.6) is 0 Å². The summed E-state index contributed by atoms with van der Waals surface area (Å²) < 4.78 is 33.1. The fourth-order valence-corrected chi connectivity index (χ4v) is 5.75. The van der Waals surface area contributed by atoms with Gasteiger partial charge in [-0.2, -0.15) is 4.31 Å². The predicted molar refractivity (Wildman–Crippen MR) is 106 cm³/mol. The van der Waals surface area contributed by atoms with Crippen LogP contribution in [0.3, 0.4) is 0 Å². The maximum absolute atomic E-state index is 13.1. The van der Waals surface area contributed by atoms with Crippen molar-refractivity contribution in [2.45, 2.75) is 68.6 Å². The number of rotatable bonds is 5. The molecule has 0 spiro atoms. The summed E-state index contributed by atoms with van der Waals surface area (Å²) in [6.07, 6.45) is 2.70. The highest BCUT2D eigenvalue weighted by molar-refractivity contribution is 7.89. The SMILES string of the molecule is CC1CN(S(=O)(=O)c2cccc(C(=O)NC3(C(=O)O)CCCCC3)c2)CC(C)O1. The molecule has 1 aliphatic heterocycles. The second kappa shape index (κ2) is 8.41. The number of benzene rings is 1. The Morgan fingerprint density at radius 2 is 1.76 bits per heavy atom. The van der Waals surface area contributed by atoms with Crippen LogP contribution in [0.4, 0.5) is 0 Å². The Labute approximate surface area is 171 Å². The lowest BCUT2D eigenvalue weighted by Gasteiger charge is -2.34. The molecule has 1 saturated carbocycles. The van der Waals surface area contributed by atoms with E-state index in [1.807, 2.05) is 13.8 Å². The van der Waals surface area contributed by atoms with Crippen LogP contribution < -0.4 is 5.32 Å². The number of sulfonamides is 1. The summed E-state index contributed by atoms with van der Waals surface area (Å²) in [5.41, 5.74) is -1.16. The fraction of sp³-hybridized carbons (Fsp3) is 0.600. The highest BCUT2D eigenvalue weighted by Gasteiger charge is 2.41. The number of morpholine rings is 1. The molecule has 160 valence electrons. The second-order valence-electron chi connectivity index (χ2n) is 8.01. The zero-order valence-corrected chi connectivity index (χ0v) is 17.6. The van der Waals surface area contributed by atoms with Gasteiger partial charge in [0.15, 0.2) is 0 Å². The number of hydrogen-bond acceptors (Lipinski definition) is 5. The number of amides is 1. The normalized spacial score (nSPS) is 25.3. The number of nitrogens with zero attached hydrogens (tertiary/aromatic N) is 1. The fourth-order valence-electron chi connectivity index (χ4n) is 4.11. The largest absolute Gasteiger partial charge is 0.480 e. The van der Waals surface area contributed by atoms with E-state index in [1.54, 1.807) is 0 Å². The summed E-state index contributed by atoms with van der Waals surface area (Å²) >= 11 is 0. The molecule has 1 aliphatic carbocycles. The molecule has 2 aliphatic rings. The van der Waals surface area contributed by atoms with Gasteiger partial charge < -0.3 is 15.2 Å². The third-order valence-electron chi connectivity index (χ3n) is 5.59. The molecule has 0 aromatic heterocycles. The molecule has 2 N–H and O–H groups in total. The third-order valence-corrected chi connectivity index (χ3v) is 7.42. The lowest BCUT2D eigenvalue weighted by atomic mass is 9.81. The minimum absolute atomic E-state index is 0.0134. The minimum Gasteiger partial charge on any atom is -0.480 e. The summed E-state index contributed by atoms with van der Waals surface area (Å²) in [5, 5.41) is 12.3. The van der Waals surface area contributed by atoms with Crippen molar-refractivity contribution in [1.29, 1.82) is 0 Å². The average Bonchev–Trinajstić information content (AvgIpc) is 2.68. The van der Waals surface area contributed by atoms with Gasteiger partial charge in [0, 0.05) is 18.7 Å². The Bertz CT molecular complexity index is 869. The van der Waals surface area contributed by atoms with E-state index >= 15 is 0 Å². The second-order valence-corrected chi connectivity index (χ2v) is 9.95. The van der Waals surface area contributed by atoms with Crippen LogP contribution in [-0.4, -0.2) is 60.5 Å². The van der Waals surface area contributed by atoms with E-state index in [4.69, 9.17) is 4.74 Å². The van der Waals surface area contributed by atoms with Crippen LogP contribution in [0.2, 0.25) is 0 Å². The van der Waals surface area contributed by atoms with E-state index in [9.17, 15) is 23.1 Å². The topological polar surface area (TPSA) is 113 Å². The first-order valence-electron chi connectivity index (χ1n) is 9.96. The Kier molecular flexibility index (Phi) is 6.30. The van der Waals surface area contributed by atoms with Crippen molar-refractivity contribution in [3.05, 3.63) is 29.8 Å². The highest BCUT2D eigenvalue weighted by atomic mass is 32.2. The van der Waals surface area contributed by atoms with E-state index in [-0.39, 0.29) is 35.8 Å². The summed E-state index contributed by atoms with van der Waals surface area (Å²) in [6, 6.07) is 5.76. The van der Waals surface area contributed by atoms with Crippen LogP contribution in [0.1, 0.15) is 56.3 Å². The van der Waals surface area contributed by atoms with Gasteiger partial charge in [-0.1, -0.05) is 25.3 Å². The first-order chi connectivity index (χ1) is 13.6. The number of carboxylic acid groups (broad SMARTS) is 1. The van der Waals surface area contributed by atoms with Crippen molar-refractivity contribution in [3.63, 3.8) is 0 Å². The van der Waals surface area contributed by atoms with Crippen LogP contribution in [0, 0.1) is 0 Å². The van der Waals surface area contributed by atoms with Crippen LogP contribution in [0.15, 0.2) is 29.2 Å². The van der Waals surface area contributed by atoms with Gasteiger partial charge in [0.25, 0.3) is 5.91 Å². The van der Waals surface area contributed by atoms with Crippen LogP contribution in [0.25, 0.3) is 0 Å². The quantitative estimate of drug-likeness (QED) is 0.748. The van der Waals surface area contributed by atoms with Gasteiger partial charge in [0.1, 0.15) is 5.54 Å². The van der Waals surface area contributed by atoms with Gasteiger partial charge in [0.2, 0.25) is 10.0 Å². The standard InChI is InChI=1S/C20H28N2O6S/c1-14-12-22(13-15(2)28-14)29(26,27)17-8-6-7-16(11-17)18(23)21-20(19(24)25)9-4-3-5-10-20/h6-8,11,14-15H,3-5,9-10,12-13H2,1-2H3,(H,21,23)(H,24,25). The number of carbonyl (C=O) groups is 2. The van der Waals surface area contributed by atoms with Crippen molar-refractivity contribution >= 4 is 21.9 Å². The number of nitrogens with one attached hydrogen (secondary N) is 1. The first-order valence-corrected chi connectivity index (χ1v) is 11.4. The van der Waals surface area contributed by atoms with Gasteiger partial charge in [-0.25, -0.2) is 13.2 Å². The van der Waals surface area contributed by atoms with E-state index in [2.05, 4.69) is 5.32 Å². The molecular weight excluding hydrogens is 396 g/mol. The first kappa shape index (κ1) is 21.7. The lowest BCUT2D eigenvalue weighted by Crippen LogP contribution is -2.55. The molecule has 2 fully saturated rings. The molecule has 3 rings (SSSR count). The summed E-state index contributed by atoms with van der Waals surface area (Å²) in [7, 11) is -3.79. The molecule has 1 heterocycles. The Balaban J connectivity index is 1.83. The molecule has 1 aromatic carbocycles. The Hall–Kier alpha value is -1.97. The number of carbonyl (C=O) groups excluding carboxylic acids is 1. The number of ether oxygens (including phenoxy) is 1. The average molecular weight is 425 g/mol. The Morgan fingerprint density at radius 1 is 1.14 bits per heavy atom. The molecular formula is C20H28N2O6S. The number of carboxylic acids is 1. The molecule has 1 amide bonds. The third kappa shape index (κ3) is 4.62. The summed E-state index contributed by atoms with van der Waals surface area (Å²) in [5.74, 6) is -1.62. The molecule has 9 heteroatoms. The van der Waals surface area contributed by atoms with E-state index in [0.717, 1.165) is 19.3 Å². The van der Waals surface area contributed by atoms with Crippen molar-refractivity contribution < 1.29 is 27.9 Å². The smallest absolute Gasteiger partial charge is 0.329 e. The molecule has 1 aromatic rings. The maximum Gasteiger partial charge on any atom is 0.329 e. The van der Waals surface area contributed by atoms with Gasteiger partial charge >= 0.3 is 5.97 Å². The van der Waals surface area contributed by atoms with Crippen LogP contribution >= 0.6 is 0 Å². The van der Waals surface area contributed by atoms with E-state index in [0.29, 0.717) is 12.8 Å². The number of aliphatic carboxylic acids is 1. The highest BCUT2D eigenvalue weighted by Crippen LogP contribution is 2.29. The number of hydrogen-bond donors (Lipinski definition) is 2. The Morgan fingerprint density at radius 3 is 2.34 bits per heavy atom. The van der Waals surface area contributed by atoms with Gasteiger partial charge in [0.05, 0.1) is 17.1 Å². The summed E-state index contributed by atoms with van der Waals surface area (Å²) in [6.45, 7) is 4.12. The van der Waals surface area contributed by atoms with Crippen molar-refractivity contribution in [1.82, 2.24) is 9.62 Å². The van der Waals surface area contributed by atoms with Crippen molar-refractivity contribution in [3.8, 4) is 0 Å². The van der Waals surface area contributed by atoms with Crippen molar-refractivity contribution in [2.24, 2.45) is 0 Å².